The highest BCUT2D eigenvalue weighted by Gasteiger charge is 2.30. The van der Waals surface area contributed by atoms with Gasteiger partial charge in [-0.15, -0.1) is 0 Å². The molecule has 0 aromatic rings. The van der Waals surface area contributed by atoms with E-state index < -0.39 is 0 Å². The molecule has 0 aromatic carbocycles. The van der Waals surface area contributed by atoms with Crippen LogP contribution >= 0.6 is 0 Å². The van der Waals surface area contributed by atoms with Crippen LogP contribution in [0.5, 0.6) is 0 Å². The lowest BCUT2D eigenvalue weighted by molar-refractivity contribution is 0.184. The Morgan fingerprint density at radius 3 is 2.77 bits per heavy atom. The molecule has 1 rings (SSSR count). The number of piperidine rings is 1. The third kappa shape index (κ3) is 3.28. The van der Waals surface area contributed by atoms with Crippen molar-refractivity contribution >= 4 is 0 Å². The van der Waals surface area contributed by atoms with Crippen LogP contribution in [0.2, 0.25) is 0 Å². The standard InChI is InChI=1S/C11H24N2/c1-3-6-11(9-12-4-2)7-5-8-13-10-11/h12-13H,3-10H2,1-2H3. The molecule has 13 heavy (non-hydrogen) atoms. The molecule has 1 aliphatic heterocycles. The molecule has 0 saturated carbocycles. The molecule has 0 amide bonds. The van der Waals surface area contributed by atoms with Crippen molar-refractivity contribution in [1.82, 2.24) is 10.6 Å². The zero-order valence-electron chi connectivity index (χ0n) is 9.16. The summed E-state index contributed by atoms with van der Waals surface area (Å²) in [6, 6.07) is 0. The van der Waals surface area contributed by atoms with Crippen LogP contribution in [-0.2, 0) is 0 Å². The van der Waals surface area contributed by atoms with Gasteiger partial charge in [-0.05, 0) is 37.8 Å². The second-order valence-electron chi connectivity index (χ2n) is 4.31. The molecular weight excluding hydrogens is 160 g/mol. The smallest absolute Gasteiger partial charge is 0.00200 e. The first-order valence-electron chi connectivity index (χ1n) is 5.74. The fourth-order valence-electron chi connectivity index (χ4n) is 2.40. The molecular formula is C11H24N2. The summed E-state index contributed by atoms with van der Waals surface area (Å²) in [4.78, 5) is 0. The summed E-state index contributed by atoms with van der Waals surface area (Å²) in [7, 11) is 0. The Bertz CT molecular complexity index is 123. The largest absolute Gasteiger partial charge is 0.316 e. The molecule has 1 unspecified atom stereocenters. The van der Waals surface area contributed by atoms with Gasteiger partial charge in [0.15, 0.2) is 0 Å². The summed E-state index contributed by atoms with van der Waals surface area (Å²) < 4.78 is 0. The maximum atomic E-state index is 3.53. The number of nitrogens with one attached hydrogen (secondary N) is 2. The number of hydrogen-bond donors (Lipinski definition) is 2. The average molecular weight is 184 g/mol. The van der Waals surface area contributed by atoms with Crippen molar-refractivity contribution in [2.45, 2.75) is 39.5 Å². The van der Waals surface area contributed by atoms with Crippen molar-refractivity contribution in [3.8, 4) is 0 Å². The van der Waals surface area contributed by atoms with Gasteiger partial charge in [0.25, 0.3) is 0 Å². The quantitative estimate of drug-likeness (QED) is 0.680. The van der Waals surface area contributed by atoms with E-state index >= 15 is 0 Å². The van der Waals surface area contributed by atoms with Crippen LogP contribution in [0.4, 0.5) is 0 Å². The first-order chi connectivity index (χ1) is 6.33. The Balaban J connectivity index is 2.40. The first kappa shape index (κ1) is 11.0. The van der Waals surface area contributed by atoms with E-state index in [2.05, 4.69) is 24.5 Å². The Labute approximate surface area is 82.5 Å². The van der Waals surface area contributed by atoms with Gasteiger partial charge in [0, 0.05) is 13.1 Å². The topological polar surface area (TPSA) is 24.1 Å². The van der Waals surface area contributed by atoms with Gasteiger partial charge in [0.2, 0.25) is 0 Å². The lowest BCUT2D eigenvalue weighted by Crippen LogP contribution is -2.46. The van der Waals surface area contributed by atoms with E-state index in [9.17, 15) is 0 Å². The van der Waals surface area contributed by atoms with Crippen LogP contribution in [0.3, 0.4) is 0 Å². The van der Waals surface area contributed by atoms with Gasteiger partial charge in [0.05, 0.1) is 0 Å². The van der Waals surface area contributed by atoms with Crippen LogP contribution in [0.25, 0.3) is 0 Å². The van der Waals surface area contributed by atoms with Crippen molar-refractivity contribution in [2.24, 2.45) is 5.41 Å². The normalized spacial score (nSPS) is 29.1. The molecule has 1 atom stereocenters. The summed E-state index contributed by atoms with van der Waals surface area (Å²) in [5, 5.41) is 7.03. The van der Waals surface area contributed by atoms with Gasteiger partial charge in [-0.1, -0.05) is 20.3 Å². The minimum absolute atomic E-state index is 0.559. The summed E-state index contributed by atoms with van der Waals surface area (Å²) in [6.07, 6.45) is 5.44. The lowest BCUT2D eigenvalue weighted by Gasteiger charge is -2.38. The Kier molecular flexibility index (Phi) is 4.74. The molecule has 0 spiro atoms. The molecule has 78 valence electrons. The van der Waals surface area contributed by atoms with Gasteiger partial charge < -0.3 is 10.6 Å². The maximum Gasteiger partial charge on any atom is 0.00200 e. The highest BCUT2D eigenvalue weighted by Crippen LogP contribution is 2.30. The highest BCUT2D eigenvalue weighted by atomic mass is 14.9. The van der Waals surface area contributed by atoms with Crippen molar-refractivity contribution in [2.75, 3.05) is 26.2 Å². The summed E-state index contributed by atoms with van der Waals surface area (Å²) in [5.41, 5.74) is 0.559. The third-order valence-corrected chi connectivity index (χ3v) is 3.09. The Morgan fingerprint density at radius 2 is 2.23 bits per heavy atom. The monoisotopic (exact) mass is 184 g/mol. The molecule has 1 heterocycles. The number of hydrogen-bond acceptors (Lipinski definition) is 2. The van der Waals surface area contributed by atoms with Crippen molar-refractivity contribution < 1.29 is 0 Å². The summed E-state index contributed by atoms with van der Waals surface area (Å²) in [5.74, 6) is 0. The van der Waals surface area contributed by atoms with E-state index in [1.807, 2.05) is 0 Å². The highest BCUT2D eigenvalue weighted by molar-refractivity contribution is 4.86. The third-order valence-electron chi connectivity index (χ3n) is 3.09. The minimum atomic E-state index is 0.559. The second-order valence-corrected chi connectivity index (χ2v) is 4.31. The summed E-state index contributed by atoms with van der Waals surface area (Å²) in [6.45, 7) is 9.22. The Hall–Kier alpha value is -0.0800. The van der Waals surface area contributed by atoms with E-state index in [0.717, 1.165) is 6.54 Å². The van der Waals surface area contributed by atoms with E-state index in [-0.39, 0.29) is 0 Å². The van der Waals surface area contributed by atoms with Crippen LogP contribution in [0.15, 0.2) is 0 Å². The van der Waals surface area contributed by atoms with Gasteiger partial charge in [-0.25, -0.2) is 0 Å². The predicted octanol–water partition coefficient (Wildman–Crippen LogP) is 1.77. The fourth-order valence-corrected chi connectivity index (χ4v) is 2.40. The van der Waals surface area contributed by atoms with Gasteiger partial charge >= 0.3 is 0 Å². The average Bonchev–Trinajstić information content (AvgIpc) is 2.17. The van der Waals surface area contributed by atoms with E-state index in [1.54, 1.807) is 0 Å². The number of rotatable bonds is 5. The molecule has 1 saturated heterocycles. The predicted molar refractivity (Wildman–Crippen MR) is 58.0 cm³/mol. The van der Waals surface area contributed by atoms with Gasteiger partial charge in [-0.3, -0.25) is 0 Å². The van der Waals surface area contributed by atoms with Crippen molar-refractivity contribution in [1.29, 1.82) is 0 Å². The van der Waals surface area contributed by atoms with Crippen LogP contribution in [-0.4, -0.2) is 26.2 Å². The SMILES string of the molecule is CCCC1(CNCC)CCCNC1. The Morgan fingerprint density at radius 1 is 1.38 bits per heavy atom. The van der Waals surface area contributed by atoms with Gasteiger partial charge in [0.1, 0.15) is 0 Å². The van der Waals surface area contributed by atoms with E-state index in [0.29, 0.717) is 5.41 Å². The summed E-state index contributed by atoms with van der Waals surface area (Å²) >= 11 is 0. The van der Waals surface area contributed by atoms with E-state index in [4.69, 9.17) is 0 Å². The van der Waals surface area contributed by atoms with Crippen LogP contribution < -0.4 is 10.6 Å². The van der Waals surface area contributed by atoms with Crippen LogP contribution in [0.1, 0.15) is 39.5 Å². The molecule has 2 N–H and O–H groups in total. The molecule has 2 nitrogen and oxygen atoms in total. The molecule has 0 aliphatic carbocycles. The minimum Gasteiger partial charge on any atom is -0.316 e. The lowest BCUT2D eigenvalue weighted by atomic mass is 9.77. The van der Waals surface area contributed by atoms with E-state index in [1.165, 1.54) is 45.3 Å². The zero-order valence-corrected chi connectivity index (χ0v) is 9.16. The first-order valence-corrected chi connectivity index (χ1v) is 5.74. The maximum absolute atomic E-state index is 3.53. The van der Waals surface area contributed by atoms with Gasteiger partial charge in [-0.2, -0.15) is 0 Å². The molecule has 0 radical (unpaired) electrons. The molecule has 1 aliphatic rings. The van der Waals surface area contributed by atoms with Crippen molar-refractivity contribution in [3.63, 3.8) is 0 Å². The molecule has 1 fully saturated rings. The fraction of sp³-hybridized carbons (Fsp3) is 1.00. The molecule has 0 aromatic heterocycles. The van der Waals surface area contributed by atoms with Crippen molar-refractivity contribution in [3.05, 3.63) is 0 Å². The molecule has 2 heteroatoms. The van der Waals surface area contributed by atoms with Crippen LogP contribution in [0, 0.1) is 5.41 Å². The second kappa shape index (κ2) is 5.61. The molecule has 0 bridgehead atoms. The zero-order chi connectivity index (χ0) is 9.57.